The van der Waals surface area contributed by atoms with E-state index in [4.69, 9.17) is 11.6 Å². The fourth-order valence-electron chi connectivity index (χ4n) is 1.68. The maximum absolute atomic E-state index is 13.8. The molecule has 5 heteroatoms. The summed E-state index contributed by atoms with van der Waals surface area (Å²) in [6.07, 6.45) is -4.54. The lowest BCUT2D eigenvalue weighted by Gasteiger charge is -2.13. The maximum atomic E-state index is 13.8. The van der Waals surface area contributed by atoms with Crippen LogP contribution in [0.25, 0.3) is 11.1 Å². The molecular weight excluding hydrogens is 268 g/mol. The highest BCUT2D eigenvalue weighted by Gasteiger charge is 2.33. The highest BCUT2D eigenvalue weighted by Crippen LogP contribution is 2.38. The van der Waals surface area contributed by atoms with Crippen molar-refractivity contribution in [3.63, 3.8) is 0 Å². The first-order chi connectivity index (χ1) is 8.41. The molecule has 0 bridgehead atoms. The van der Waals surface area contributed by atoms with Crippen molar-refractivity contribution in [1.29, 1.82) is 0 Å². The van der Waals surface area contributed by atoms with E-state index in [0.29, 0.717) is 0 Å². The molecule has 0 aliphatic carbocycles. The Labute approximate surface area is 106 Å². The van der Waals surface area contributed by atoms with Gasteiger partial charge in [0, 0.05) is 5.56 Å². The molecular formula is C13H7ClF4. The average molecular weight is 275 g/mol. The molecule has 0 N–H and O–H groups in total. The van der Waals surface area contributed by atoms with Crippen LogP contribution < -0.4 is 0 Å². The summed E-state index contributed by atoms with van der Waals surface area (Å²) in [5.74, 6) is -0.851. The van der Waals surface area contributed by atoms with Crippen LogP contribution >= 0.6 is 11.6 Å². The molecule has 0 unspecified atom stereocenters. The molecule has 2 aromatic rings. The second-order valence-corrected chi connectivity index (χ2v) is 4.05. The van der Waals surface area contributed by atoms with Gasteiger partial charge in [-0.2, -0.15) is 13.2 Å². The van der Waals surface area contributed by atoms with E-state index < -0.39 is 17.6 Å². The molecule has 0 aromatic heterocycles. The smallest absolute Gasteiger partial charge is 0.205 e. The molecule has 18 heavy (non-hydrogen) atoms. The second kappa shape index (κ2) is 4.61. The van der Waals surface area contributed by atoms with Gasteiger partial charge in [0.15, 0.2) is 0 Å². The van der Waals surface area contributed by atoms with Crippen LogP contribution in [0.4, 0.5) is 17.6 Å². The Bertz CT molecular complexity index is 575. The van der Waals surface area contributed by atoms with E-state index >= 15 is 0 Å². The van der Waals surface area contributed by atoms with Crippen LogP contribution in [-0.2, 0) is 6.18 Å². The second-order valence-electron chi connectivity index (χ2n) is 3.64. The Morgan fingerprint density at radius 2 is 1.44 bits per heavy atom. The van der Waals surface area contributed by atoms with Crippen LogP contribution in [0.2, 0.25) is 5.02 Å². The molecule has 0 spiro atoms. The topological polar surface area (TPSA) is 0 Å². The first kappa shape index (κ1) is 12.9. The SMILES string of the molecule is Fc1c(Cl)cccc1-c1ccccc1C(F)(F)F. The van der Waals surface area contributed by atoms with Gasteiger partial charge in [-0.05, 0) is 17.7 Å². The van der Waals surface area contributed by atoms with E-state index in [2.05, 4.69) is 0 Å². The Morgan fingerprint density at radius 3 is 2.11 bits per heavy atom. The number of hydrogen-bond acceptors (Lipinski definition) is 0. The van der Waals surface area contributed by atoms with Gasteiger partial charge in [0.05, 0.1) is 10.6 Å². The van der Waals surface area contributed by atoms with E-state index in [1.807, 2.05) is 0 Å². The quantitative estimate of drug-likeness (QED) is 0.630. The van der Waals surface area contributed by atoms with Crippen molar-refractivity contribution in [3.8, 4) is 11.1 Å². The van der Waals surface area contributed by atoms with E-state index in [0.717, 1.165) is 6.07 Å². The number of alkyl halides is 3. The number of hydrogen-bond donors (Lipinski definition) is 0. The molecule has 0 atom stereocenters. The minimum atomic E-state index is -4.54. The highest BCUT2D eigenvalue weighted by molar-refractivity contribution is 6.31. The summed E-state index contributed by atoms with van der Waals surface area (Å²) in [6.45, 7) is 0. The van der Waals surface area contributed by atoms with E-state index in [9.17, 15) is 17.6 Å². The van der Waals surface area contributed by atoms with Crippen molar-refractivity contribution in [2.24, 2.45) is 0 Å². The van der Waals surface area contributed by atoms with Gasteiger partial charge in [0.1, 0.15) is 5.82 Å². The number of halogens is 5. The summed E-state index contributed by atoms with van der Waals surface area (Å²) in [7, 11) is 0. The van der Waals surface area contributed by atoms with Crippen LogP contribution in [0.1, 0.15) is 5.56 Å². The molecule has 0 radical (unpaired) electrons. The van der Waals surface area contributed by atoms with Crippen LogP contribution in [0.3, 0.4) is 0 Å². The van der Waals surface area contributed by atoms with Crippen molar-refractivity contribution in [2.45, 2.75) is 6.18 Å². The molecule has 0 saturated carbocycles. The third-order valence-corrected chi connectivity index (χ3v) is 2.77. The van der Waals surface area contributed by atoms with Gasteiger partial charge in [0.2, 0.25) is 0 Å². The molecule has 0 amide bonds. The van der Waals surface area contributed by atoms with Gasteiger partial charge in [-0.15, -0.1) is 0 Å². The Kier molecular flexibility index (Phi) is 3.30. The van der Waals surface area contributed by atoms with Crippen molar-refractivity contribution in [3.05, 3.63) is 58.9 Å². The van der Waals surface area contributed by atoms with Gasteiger partial charge < -0.3 is 0 Å². The van der Waals surface area contributed by atoms with E-state index in [-0.39, 0.29) is 16.1 Å². The van der Waals surface area contributed by atoms with Gasteiger partial charge >= 0.3 is 6.18 Å². The summed E-state index contributed by atoms with van der Waals surface area (Å²) < 4.78 is 52.2. The average Bonchev–Trinajstić information content (AvgIpc) is 2.32. The molecule has 0 heterocycles. The first-order valence-corrected chi connectivity index (χ1v) is 5.39. The third kappa shape index (κ3) is 2.34. The molecule has 2 aromatic carbocycles. The summed E-state index contributed by atoms with van der Waals surface area (Å²) in [5.41, 5.74) is -1.26. The third-order valence-electron chi connectivity index (χ3n) is 2.47. The van der Waals surface area contributed by atoms with Crippen LogP contribution in [0.5, 0.6) is 0 Å². The van der Waals surface area contributed by atoms with Gasteiger partial charge in [-0.1, -0.05) is 41.9 Å². The molecule has 0 aliphatic heterocycles. The van der Waals surface area contributed by atoms with Gasteiger partial charge in [-0.3, -0.25) is 0 Å². The number of rotatable bonds is 1. The van der Waals surface area contributed by atoms with Gasteiger partial charge in [-0.25, -0.2) is 4.39 Å². The summed E-state index contributed by atoms with van der Waals surface area (Å²) in [6, 6.07) is 8.78. The lowest BCUT2D eigenvalue weighted by atomic mass is 9.99. The fourth-order valence-corrected chi connectivity index (χ4v) is 1.85. The van der Waals surface area contributed by atoms with Crippen molar-refractivity contribution < 1.29 is 17.6 Å². The van der Waals surface area contributed by atoms with Crippen molar-refractivity contribution in [2.75, 3.05) is 0 Å². The monoisotopic (exact) mass is 274 g/mol. The van der Waals surface area contributed by atoms with Crippen molar-refractivity contribution >= 4 is 11.6 Å². The molecule has 0 saturated heterocycles. The van der Waals surface area contributed by atoms with E-state index in [1.54, 1.807) is 0 Å². The highest BCUT2D eigenvalue weighted by atomic mass is 35.5. The maximum Gasteiger partial charge on any atom is 0.417 e. The zero-order chi connectivity index (χ0) is 13.3. The predicted octanol–water partition coefficient (Wildman–Crippen LogP) is 5.16. The minimum Gasteiger partial charge on any atom is -0.205 e. The van der Waals surface area contributed by atoms with Crippen molar-refractivity contribution in [1.82, 2.24) is 0 Å². The lowest BCUT2D eigenvalue weighted by Crippen LogP contribution is -2.07. The molecule has 0 nitrogen and oxygen atoms in total. The molecule has 94 valence electrons. The Balaban J connectivity index is 2.69. The molecule has 0 aliphatic rings. The minimum absolute atomic E-state index is 0.157. The molecule has 2 rings (SSSR count). The fraction of sp³-hybridized carbons (Fsp3) is 0.0769. The summed E-state index contributed by atoms with van der Waals surface area (Å²) in [4.78, 5) is 0. The first-order valence-electron chi connectivity index (χ1n) is 5.02. The zero-order valence-corrected chi connectivity index (χ0v) is 9.69. The van der Waals surface area contributed by atoms with Crippen LogP contribution in [-0.4, -0.2) is 0 Å². The lowest BCUT2D eigenvalue weighted by molar-refractivity contribution is -0.137. The number of benzene rings is 2. The van der Waals surface area contributed by atoms with E-state index in [1.165, 1.54) is 36.4 Å². The van der Waals surface area contributed by atoms with Crippen LogP contribution in [0, 0.1) is 5.82 Å². The summed E-state index contributed by atoms with van der Waals surface area (Å²) >= 11 is 5.57. The van der Waals surface area contributed by atoms with Crippen LogP contribution in [0.15, 0.2) is 42.5 Å². The Morgan fingerprint density at radius 1 is 0.833 bits per heavy atom. The standard InChI is InChI=1S/C13H7ClF4/c14-11-7-3-5-9(12(11)15)8-4-1-2-6-10(8)13(16,17)18/h1-7H. The zero-order valence-electron chi connectivity index (χ0n) is 8.93. The Hall–Kier alpha value is -1.55. The van der Waals surface area contributed by atoms with Gasteiger partial charge in [0.25, 0.3) is 0 Å². The largest absolute Gasteiger partial charge is 0.417 e. The summed E-state index contributed by atoms with van der Waals surface area (Å²) in [5, 5.41) is -0.204. The predicted molar refractivity (Wildman–Crippen MR) is 61.8 cm³/mol. The molecule has 0 fully saturated rings. The normalized spacial score (nSPS) is 11.6.